The number of alkyl halides is 3. The second-order valence-corrected chi connectivity index (χ2v) is 11.3. The van der Waals surface area contributed by atoms with E-state index in [2.05, 4.69) is 9.97 Å². The van der Waals surface area contributed by atoms with Crippen LogP contribution in [0.3, 0.4) is 0 Å². The highest BCUT2D eigenvalue weighted by atomic mass is 32.2. The number of piperazine rings is 1. The zero-order chi connectivity index (χ0) is 28.6. The molecule has 1 saturated heterocycles. The first-order valence-corrected chi connectivity index (χ1v) is 13.3. The molecule has 1 atom stereocenters. The minimum Gasteiger partial charge on any atom is -0.480 e. The number of hydrogen-bond acceptors (Lipinski definition) is 8. The lowest BCUT2D eigenvalue weighted by Gasteiger charge is -2.44. The van der Waals surface area contributed by atoms with Crippen molar-refractivity contribution < 1.29 is 40.7 Å². The van der Waals surface area contributed by atoms with E-state index in [4.69, 9.17) is 5.11 Å². The number of benzene rings is 1. The molecule has 0 saturated carbocycles. The standard InChI is InChI=1S/C23H27F4N5O5S/c1-13(2)17-11-31(14-5-6-16(24)18(9-14)38(4,36)37)7-8-32(17)22-28-10-15(20(29-22)23(25,26)27)21(35)30(3)12-19(33)34/h5-6,9-10,13,17H,7-8,11-12H2,1-4H3,(H,33,34)/t17-/m0/s1. The van der Waals surface area contributed by atoms with Gasteiger partial charge in [-0.2, -0.15) is 13.2 Å². The quantitative estimate of drug-likeness (QED) is 0.508. The molecule has 1 amide bonds. The summed E-state index contributed by atoms with van der Waals surface area (Å²) in [6.07, 6.45) is -3.38. The molecule has 0 bridgehead atoms. The summed E-state index contributed by atoms with van der Waals surface area (Å²) in [5, 5.41) is 8.87. The van der Waals surface area contributed by atoms with Gasteiger partial charge in [-0.15, -0.1) is 0 Å². The molecule has 10 nitrogen and oxygen atoms in total. The zero-order valence-corrected chi connectivity index (χ0v) is 21.8. The molecule has 2 aromatic rings. The fourth-order valence-corrected chi connectivity index (χ4v) is 4.96. The second-order valence-electron chi connectivity index (χ2n) is 9.32. The molecule has 1 fully saturated rings. The average molecular weight is 562 g/mol. The van der Waals surface area contributed by atoms with Crippen molar-refractivity contribution in [3.63, 3.8) is 0 Å². The van der Waals surface area contributed by atoms with Gasteiger partial charge in [0.2, 0.25) is 5.95 Å². The van der Waals surface area contributed by atoms with Crippen molar-refractivity contribution in [1.82, 2.24) is 14.9 Å². The van der Waals surface area contributed by atoms with Crippen LogP contribution in [-0.2, 0) is 20.8 Å². The number of hydrogen-bond donors (Lipinski definition) is 1. The summed E-state index contributed by atoms with van der Waals surface area (Å²) in [5.74, 6) is -3.84. The van der Waals surface area contributed by atoms with E-state index in [1.165, 1.54) is 12.1 Å². The minimum absolute atomic E-state index is 0.117. The topological polar surface area (TPSA) is 124 Å². The summed E-state index contributed by atoms with van der Waals surface area (Å²) in [6, 6.07) is 3.29. The molecule has 0 spiro atoms. The predicted octanol–water partition coefficient (Wildman–Crippen LogP) is 2.55. The number of aromatic nitrogens is 2. The van der Waals surface area contributed by atoms with Gasteiger partial charge in [0.15, 0.2) is 15.5 Å². The van der Waals surface area contributed by atoms with Crippen LogP contribution in [0, 0.1) is 11.7 Å². The first-order valence-electron chi connectivity index (χ1n) is 11.4. The number of aliphatic carboxylic acids is 1. The summed E-state index contributed by atoms with van der Waals surface area (Å²) in [4.78, 5) is 34.7. The Morgan fingerprint density at radius 1 is 1.24 bits per heavy atom. The molecule has 208 valence electrons. The molecule has 1 aliphatic rings. The number of carbonyl (C=O) groups is 2. The van der Waals surface area contributed by atoms with Crippen molar-refractivity contribution in [3.05, 3.63) is 41.5 Å². The van der Waals surface area contributed by atoms with E-state index in [9.17, 15) is 35.6 Å². The molecule has 1 N–H and O–H groups in total. The molecule has 38 heavy (non-hydrogen) atoms. The van der Waals surface area contributed by atoms with Crippen molar-refractivity contribution in [2.45, 2.75) is 31.0 Å². The average Bonchev–Trinajstić information content (AvgIpc) is 2.81. The Kier molecular flexibility index (Phi) is 8.19. The van der Waals surface area contributed by atoms with Crippen LogP contribution in [-0.4, -0.2) is 85.8 Å². The fourth-order valence-electron chi connectivity index (χ4n) is 4.20. The normalized spacial score (nSPS) is 16.6. The highest BCUT2D eigenvalue weighted by Gasteiger charge is 2.40. The van der Waals surface area contributed by atoms with E-state index in [1.807, 2.05) is 13.8 Å². The Hall–Kier alpha value is -3.49. The lowest BCUT2D eigenvalue weighted by Crippen LogP contribution is -2.56. The Bertz CT molecular complexity index is 1340. The van der Waals surface area contributed by atoms with Crippen LogP contribution < -0.4 is 9.80 Å². The molecule has 1 aromatic heterocycles. The molecule has 0 radical (unpaired) electrons. The van der Waals surface area contributed by atoms with Crippen LogP contribution in [0.5, 0.6) is 0 Å². The number of carboxylic acids is 1. The largest absolute Gasteiger partial charge is 0.480 e. The lowest BCUT2D eigenvalue weighted by molar-refractivity contribution is -0.141. The smallest absolute Gasteiger partial charge is 0.434 e. The van der Waals surface area contributed by atoms with E-state index in [0.29, 0.717) is 10.6 Å². The minimum atomic E-state index is -5.02. The Balaban J connectivity index is 1.96. The lowest BCUT2D eigenvalue weighted by atomic mass is 9.99. The highest BCUT2D eigenvalue weighted by Crippen LogP contribution is 2.34. The van der Waals surface area contributed by atoms with Crippen molar-refractivity contribution in [1.29, 1.82) is 0 Å². The number of nitrogens with zero attached hydrogens (tertiary/aromatic N) is 5. The van der Waals surface area contributed by atoms with Crippen LogP contribution >= 0.6 is 0 Å². The third-order valence-corrected chi connectivity index (χ3v) is 7.23. The molecule has 2 heterocycles. The SMILES string of the molecule is CC(C)[C@@H]1CN(c2ccc(F)c(S(C)(=O)=O)c2)CCN1c1ncc(C(=O)N(C)CC(=O)O)c(C(F)(F)F)n1. The van der Waals surface area contributed by atoms with Gasteiger partial charge in [-0.1, -0.05) is 13.8 Å². The van der Waals surface area contributed by atoms with Gasteiger partial charge in [0.1, 0.15) is 17.3 Å². The van der Waals surface area contributed by atoms with Crippen LogP contribution in [0.1, 0.15) is 29.9 Å². The maximum atomic E-state index is 14.1. The van der Waals surface area contributed by atoms with E-state index < -0.39 is 62.4 Å². The van der Waals surface area contributed by atoms with Gasteiger partial charge in [0.25, 0.3) is 5.91 Å². The number of rotatable bonds is 7. The van der Waals surface area contributed by atoms with E-state index in [0.717, 1.165) is 25.6 Å². The Labute approximate surface area is 216 Å². The molecule has 0 aliphatic carbocycles. The molecule has 1 aliphatic heterocycles. The van der Waals surface area contributed by atoms with E-state index in [-0.39, 0.29) is 31.5 Å². The Morgan fingerprint density at radius 2 is 1.89 bits per heavy atom. The maximum Gasteiger partial charge on any atom is 0.434 e. The molecule has 3 rings (SSSR count). The summed E-state index contributed by atoms with van der Waals surface area (Å²) in [7, 11) is -2.76. The zero-order valence-electron chi connectivity index (χ0n) is 21.0. The summed E-state index contributed by atoms with van der Waals surface area (Å²) < 4.78 is 79.7. The molecule has 15 heteroatoms. The second kappa shape index (κ2) is 10.7. The van der Waals surface area contributed by atoms with Crippen LogP contribution in [0.25, 0.3) is 0 Å². The van der Waals surface area contributed by atoms with Crippen molar-refractivity contribution >= 4 is 33.3 Å². The Morgan fingerprint density at radius 3 is 2.45 bits per heavy atom. The first kappa shape index (κ1) is 29.1. The summed E-state index contributed by atoms with van der Waals surface area (Å²) >= 11 is 0. The summed E-state index contributed by atoms with van der Waals surface area (Å²) in [5.41, 5.74) is -1.91. The van der Waals surface area contributed by atoms with Gasteiger partial charge >= 0.3 is 12.1 Å². The van der Waals surface area contributed by atoms with Gasteiger partial charge in [-0.25, -0.2) is 22.8 Å². The molecule has 1 aromatic carbocycles. The summed E-state index contributed by atoms with van der Waals surface area (Å²) in [6.45, 7) is 3.52. The number of amides is 1. The number of sulfone groups is 1. The maximum absolute atomic E-state index is 14.1. The molecular formula is C23H27F4N5O5S. The van der Waals surface area contributed by atoms with Crippen molar-refractivity contribution in [3.8, 4) is 0 Å². The first-order chi connectivity index (χ1) is 17.5. The van der Waals surface area contributed by atoms with Crippen LogP contribution in [0.4, 0.5) is 29.2 Å². The number of carbonyl (C=O) groups excluding carboxylic acids is 1. The number of likely N-dealkylation sites (N-methyl/N-ethyl adjacent to an activating group) is 1. The van der Waals surface area contributed by atoms with Crippen molar-refractivity contribution in [2.75, 3.05) is 49.3 Å². The van der Waals surface area contributed by atoms with Crippen molar-refractivity contribution in [2.24, 2.45) is 5.92 Å². The third kappa shape index (κ3) is 6.31. The van der Waals surface area contributed by atoms with E-state index >= 15 is 0 Å². The van der Waals surface area contributed by atoms with Gasteiger partial charge in [0.05, 0.1) is 11.6 Å². The van der Waals surface area contributed by atoms with E-state index in [1.54, 1.807) is 9.80 Å². The van der Waals surface area contributed by atoms with Crippen LogP contribution in [0.2, 0.25) is 0 Å². The molecule has 0 unspecified atom stereocenters. The number of anilines is 2. The van der Waals surface area contributed by atoms with Gasteiger partial charge < -0.3 is 19.8 Å². The van der Waals surface area contributed by atoms with Gasteiger partial charge in [-0.3, -0.25) is 9.59 Å². The fraction of sp³-hybridized carbons (Fsp3) is 0.478. The number of carboxylic acid groups (broad SMARTS) is 1. The number of halogens is 4. The van der Waals surface area contributed by atoms with Crippen LogP contribution in [0.15, 0.2) is 29.3 Å². The van der Waals surface area contributed by atoms with Gasteiger partial charge in [0, 0.05) is 44.8 Å². The third-order valence-electron chi connectivity index (χ3n) is 6.12. The van der Waals surface area contributed by atoms with Gasteiger partial charge in [-0.05, 0) is 24.1 Å². The monoisotopic (exact) mass is 561 g/mol. The molecular weight excluding hydrogens is 534 g/mol. The highest BCUT2D eigenvalue weighted by molar-refractivity contribution is 7.90. The predicted molar refractivity (Wildman–Crippen MR) is 129 cm³/mol.